The smallest absolute Gasteiger partial charge is 0.191 e. The van der Waals surface area contributed by atoms with Gasteiger partial charge in [-0.3, -0.25) is 4.99 Å². The summed E-state index contributed by atoms with van der Waals surface area (Å²) < 4.78 is 2.30. The summed E-state index contributed by atoms with van der Waals surface area (Å²) in [5, 5.41) is 16.6. The predicted molar refractivity (Wildman–Crippen MR) is 116 cm³/mol. The first-order valence-electron chi connectivity index (χ1n) is 8.95. The molecule has 3 rings (SSSR count). The average Bonchev–Trinajstić information content (AvgIpc) is 3.03. The second-order valence-electron chi connectivity index (χ2n) is 6.34. The number of aliphatic imine (C=N–C) groups is 1. The predicted octanol–water partition coefficient (Wildman–Crippen LogP) is 2.60. The Morgan fingerprint density at radius 1 is 1.19 bits per heavy atom. The van der Waals surface area contributed by atoms with Gasteiger partial charge in [-0.25, -0.2) is 4.98 Å². The highest BCUT2D eigenvalue weighted by atomic mass is 127. The molecule has 0 saturated carbocycles. The Balaban J connectivity index is 0.00000243. The van der Waals surface area contributed by atoms with Gasteiger partial charge in [-0.05, 0) is 26.7 Å². The highest BCUT2D eigenvalue weighted by Crippen LogP contribution is 2.16. The summed E-state index contributed by atoms with van der Waals surface area (Å²) in [6, 6.07) is 0. The molecular weight excluding hydrogens is 461 g/mol. The van der Waals surface area contributed by atoms with Crippen molar-refractivity contribution in [2.75, 3.05) is 13.6 Å². The Hall–Kier alpha value is -1.23. The first kappa shape index (κ1) is 21.1. The Morgan fingerprint density at radius 3 is 2.77 bits per heavy atom. The second-order valence-corrected chi connectivity index (χ2v) is 7.63. The molecular formula is C17H28IN7S. The zero-order valence-corrected chi connectivity index (χ0v) is 18.9. The van der Waals surface area contributed by atoms with Gasteiger partial charge in [0.1, 0.15) is 11.6 Å². The van der Waals surface area contributed by atoms with Crippen molar-refractivity contribution in [2.24, 2.45) is 4.99 Å². The fourth-order valence-corrected chi connectivity index (χ4v) is 4.02. The number of hydrogen-bond acceptors (Lipinski definition) is 5. The molecule has 0 fully saturated rings. The Bertz CT molecular complexity index is 738. The third-order valence-corrected chi connectivity index (χ3v) is 5.54. The van der Waals surface area contributed by atoms with E-state index in [0.717, 1.165) is 60.8 Å². The topological polar surface area (TPSA) is 80.0 Å². The van der Waals surface area contributed by atoms with Crippen LogP contribution in [-0.2, 0) is 25.9 Å². The van der Waals surface area contributed by atoms with E-state index in [-0.39, 0.29) is 24.0 Å². The van der Waals surface area contributed by atoms with Crippen LogP contribution >= 0.6 is 35.3 Å². The van der Waals surface area contributed by atoms with Crippen LogP contribution in [-0.4, -0.2) is 39.3 Å². The summed E-state index contributed by atoms with van der Waals surface area (Å²) in [6.45, 7) is 6.67. The number of rotatable bonds is 5. The molecule has 0 amide bonds. The zero-order valence-electron chi connectivity index (χ0n) is 15.7. The summed E-state index contributed by atoms with van der Waals surface area (Å²) in [4.78, 5) is 10.0. The maximum Gasteiger partial charge on any atom is 0.191 e. The molecule has 0 aliphatic carbocycles. The molecule has 26 heavy (non-hydrogen) atoms. The molecule has 144 valence electrons. The van der Waals surface area contributed by atoms with Gasteiger partial charge in [0.25, 0.3) is 0 Å². The van der Waals surface area contributed by atoms with E-state index < -0.39 is 0 Å². The first-order chi connectivity index (χ1) is 12.2. The van der Waals surface area contributed by atoms with E-state index in [4.69, 9.17) is 0 Å². The van der Waals surface area contributed by atoms with Gasteiger partial charge in [0.15, 0.2) is 5.96 Å². The fraction of sp³-hybridized carbons (Fsp3) is 0.647. The summed E-state index contributed by atoms with van der Waals surface area (Å²) in [7, 11) is 1.79. The monoisotopic (exact) mass is 489 g/mol. The van der Waals surface area contributed by atoms with Gasteiger partial charge in [0, 0.05) is 37.9 Å². The molecule has 7 nitrogen and oxygen atoms in total. The molecule has 0 radical (unpaired) electrons. The summed E-state index contributed by atoms with van der Waals surface area (Å²) in [5.74, 6) is 3.03. The number of guanidine groups is 1. The van der Waals surface area contributed by atoms with Crippen molar-refractivity contribution in [3.63, 3.8) is 0 Å². The molecule has 0 saturated heterocycles. The van der Waals surface area contributed by atoms with Crippen LogP contribution in [0.25, 0.3) is 0 Å². The first-order valence-corrected chi connectivity index (χ1v) is 9.77. The van der Waals surface area contributed by atoms with Crippen LogP contribution < -0.4 is 10.6 Å². The third-order valence-electron chi connectivity index (χ3n) is 4.47. The third kappa shape index (κ3) is 5.38. The quantitative estimate of drug-likeness (QED) is 0.384. The standard InChI is InChI=1S/C17H27N7S.HI/c1-12-14(25-13(2)21-12)11-20-17(18-3)19-9-8-16-23-22-15-7-5-4-6-10-24(15)16;/h4-11H2,1-3H3,(H2,18,19,20);1H. The van der Waals surface area contributed by atoms with Crippen molar-refractivity contribution < 1.29 is 0 Å². The van der Waals surface area contributed by atoms with Gasteiger partial charge in [-0.2, -0.15) is 0 Å². The van der Waals surface area contributed by atoms with Crippen molar-refractivity contribution in [2.45, 2.75) is 59.0 Å². The lowest BCUT2D eigenvalue weighted by Gasteiger charge is -2.12. The molecule has 2 aromatic heterocycles. The van der Waals surface area contributed by atoms with Crippen molar-refractivity contribution >= 4 is 41.3 Å². The Kier molecular flexibility index (Phi) is 8.26. The van der Waals surface area contributed by atoms with Gasteiger partial charge in [0.05, 0.1) is 17.2 Å². The van der Waals surface area contributed by atoms with Crippen LogP contribution in [0.2, 0.25) is 0 Å². The minimum absolute atomic E-state index is 0. The van der Waals surface area contributed by atoms with Crippen LogP contribution in [0.4, 0.5) is 0 Å². The minimum Gasteiger partial charge on any atom is -0.356 e. The number of fused-ring (bicyclic) bond motifs is 1. The van der Waals surface area contributed by atoms with E-state index in [1.807, 2.05) is 13.8 Å². The molecule has 0 aromatic carbocycles. The molecule has 9 heteroatoms. The molecule has 1 aliphatic rings. The molecule has 2 N–H and O–H groups in total. The van der Waals surface area contributed by atoms with Gasteiger partial charge in [-0.15, -0.1) is 45.5 Å². The van der Waals surface area contributed by atoms with E-state index in [9.17, 15) is 0 Å². The summed E-state index contributed by atoms with van der Waals surface area (Å²) in [5.41, 5.74) is 1.09. The average molecular weight is 489 g/mol. The van der Waals surface area contributed by atoms with Gasteiger partial charge in [-0.1, -0.05) is 6.42 Å². The van der Waals surface area contributed by atoms with Crippen molar-refractivity contribution in [1.29, 1.82) is 0 Å². The van der Waals surface area contributed by atoms with Crippen molar-refractivity contribution in [3.05, 3.63) is 27.2 Å². The maximum absolute atomic E-state index is 4.46. The van der Waals surface area contributed by atoms with Crippen LogP contribution in [0.15, 0.2) is 4.99 Å². The number of thiazole rings is 1. The number of nitrogens with zero attached hydrogens (tertiary/aromatic N) is 5. The molecule has 0 atom stereocenters. The number of nitrogens with one attached hydrogen (secondary N) is 2. The minimum atomic E-state index is 0. The number of hydrogen-bond donors (Lipinski definition) is 2. The summed E-state index contributed by atoms with van der Waals surface area (Å²) in [6.07, 6.45) is 5.64. The van der Waals surface area contributed by atoms with Gasteiger partial charge >= 0.3 is 0 Å². The van der Waals surface area contributed by atoms with E-state index in [2.05, 4.69) is 35.4 Å². The normalized spacial score (nSPS) is 14.3. The molecule has 3 heterocycles. The van der Waals surface area contributed by atoms with E-state index >= 15 is 0 Å². The number of aryl methyl sites for hydroxylation is 3. The lowest BCUT2D eigenvalue weighted by atomic mass is 10.2. The lowest BCUT2D eigenvalue weighted by Crippen LogP contribution is -2.38. The molecule has 0 unspecified atom stereocenters. The van der Waals surface area contributed by atoms with Crippen molar-refractivity contribution in [3.8, 4) is 0 Å². The van der Waals surface area contributed by atoms with Gasteiger partial charge < -0.3 is 15.2 Å². The number of halogens is 1. The fourth-order valence-electron chi connectivity index (χ4n) is 3.15. The van der Waals surface area contributed by atoms with Crippen molar-refractivity contribution in [1.82, 2.24) is 30.4 Å². The molecule has 2 aromatic rings. The zero-order chi connectivity index (χ0) is 17.6. The second kappa shape index (κ2) is 10.2. The largest absolute Gasteiger partial charge is 0.356 e. The van der Waals surface area contributed by atoms with Crippen LogP contribution in [0.1, 0.15) is 46.5 Å². The Labute approximate surface area is 176 Å². The van der Waals surface area contributed by atoms with E-state index in [1.165, 1.54) is 24.1 Å². The number of aromatic nitrogens is 4. The highest BCUT2D eigenvalue weighted by Gasteiger charge is 2.14. The molecule has 1 aliphatic heterocycles. The van der Waals surface area contributed by atoms with Gasteiger partial charge in [0.2, 0.25) is 0 Å². The lowest BCUT2D eigenvalue weighted by molar-refractivity contribution is 0.600. The van der Waals surface area contributed by atoms with E-state index in [0.29, 0.717) is 0 Å². The van der Waals surface area contributed by atoms with Crippen LogP contribution in [0, 0.1) is 13.8 Å². The highest BCUT2D eigenvalue weighted by molar-refractivity contribution is 14.0. The van der Waals surface area contributed by atoms with Crippen LogP contribution in [0.3, 0.4) is 0 Å². The van der Waals surface area contributed by atoms with Crippen LogP contribution in [0.5, 0.6) is 0 Å². The molecule has 0 spiro atoms. The Morgan fingerprint density at radius 2 is 2.04 bits per heavy atom. The molecule has 0 bridgehead atoms. The maximum atomic E-state index is 4.46. The van der Waals surface area contributed by atoms with E-state index in [1.54, 1.807) is 18.4 Å². The summed E-state index contributed by atoms with van der Waals surface area (Å²) >= 11 is 1.73. The SMILES string of the molecule is CN=C(NCCc1nnc2n1CCCCC2)NCc1sc(C)nc1C.I.